The van der Waals surface area contributed by atoms with Crippen molar-refractivity contribution in [1.82, 2.24) is 0 Å². The Kier molecular flexibility index (Phi) is 5.24. The van der Waals surface area contributed by atoms with E-state index in [0.717, 1.165) is 17.8 Å². The van der Waals surface area contributed by atoms with Gasteiger partial charge in [0.15, 0.2) is 0 Å². The lowest BCUT2D eigenvalue weighted by atomic mass is 9.57. The molecule has 0 aliphatic heterocycles. The highest BCUT2D eigenvalue weighted by Crippen LogP contribution is 2.50. The van der Waals surface area contributed by atoms with Crippen LogP contribution in [-0.2, 0) is 0 Å². The van der Waals surface area contributed by atoms with Gasteiger partial charge in [0.25, 0.3) is 0 Å². The predicted octanol–water partition coefficient (Wildman–Crippen LogP) is 5.38. The number of allylic oxidation sites excluding steroid dienone is 4. The Bertz CT molecular complexity index is 308. The third-order valence-corrected chi connectivity index (χ3v) is 4.39. The second-order valence-electron chi connectivity index (χ2n) is 5.76. The molecule has 1 saturated carbocycles. The van der Waals surface area contributed by atoms with E-state index in [4.69, 9.17) is 0 Å². The topological polar surface area (TPSA) is 0 Å². The van der Waals surface area contributed by atoms with Gasteiger partial charge in [-0.3, -0.25) is 0 Å². The largest absolute Gasteiger partial charge is 0.0998 e. The summed E-state index contributed by atoms with van der Waals surface area (Å²) in [5.74, 6) is 3.05. The van der Waals surface area contributed by atoms with Gasteiger partial charge in [0.05, 0.1) is 0 Å². The Hall–Kier alpha value is -0.780. The maximum atomic E-state index is 4.17. The van der Waals surface area contributed by atoms with E-state index in [1.54, 1.807) is 5.57 Å². The summed E-state index contributed by atoms with van der Waals surface area (Å²) >= 11 is 0. The maximum Gasteiger partial charge on any atom is -0.0149 e. The molecule has 0 aromatic rings. The van der Waals surface area contributed by atoms with Crippen LogP contribution in [0.25, 0.3) is 0 Å². The molecule has 0 spiro atoms. The van der Waals surface area contributed by atoms with Crippen molar-refractivity contribution in [3.63, 3.8) is 0 Å². The summed E-state index contributed by atoms with van der Waals surface area (Å²) in [6.45, 7) is 17.2. The predicted molar refractivity (Wildman–Crippen MR) is 77.9 cm³/mol. The smallest absolute Gasteiger partial charge is 0.0149 e. The molecule has 1 fully saturated rings. The van der Waals surface area contributed by atoms with E-state index in [9.17, 15) is 0 Å². The van der Waals surface area contributed by atoms with Crippen molar-refractivity contribution >= 4 is 0 Å². The Balaban J connectivity index is 2.75. The minimum atomic E-state index is 0.686. The first-order valence-corrected chi connectivity index (χ1v) is 6.99. The third kappa shape index (κ3) is 3.12. The van der Waals surface area contributed by atoms with Gasteiger partial charge in [0.2, 0.25) is 0 Å². The fraction of sp³-hybridized carbons (Fsp3) is 0.647. The average Bonchev–Trinajstić information content (AvgIpc) is 2.23. The van der Waals surface area contributed by atoms with Gasteiger partial charge in [0, 0.05) is 0 Å². The molecule has 17 heavy (non-hydrogen) atoms. The van der Waals surface area contributed by atoms with E-state index in [1.807, 2.05) is 6.08 Å². The van der Waals surface area contributed by atoms with Gasteiger partial charge in [0.1, 0.15) is 0 Å². The summed E-state index contributed by atoms with van der Waals surface area (Å²) in [6.07, 6.45) is 7.97. The van der Waals surface area contributed by atoms with Crippen LogP contribution in [0, 0.1) is 23.7 Å². The van der Waals surface area contributed by atoms with Gasteiger partial charge < -0.3 is 0 Å². The average molecular weight is 232 g/mol. The van der Waals surface area contributed by atoms with Gasteiger partial charge in [-0.1, -0.05) is 63.6 Å². The van der Waals surface area contributed by atoms with Crippen molar-refractivity contribution in [3.05, 3.63) is 36.5 Å². The second-order valence-corrected chi connectivity index (χ2v) is 5.76. The number of rotatable bonds is 6. The molecule has 0 aromatic heterocycles. The third-order valence-electron chi connectivity index (χ3n) is 4.39. The van der Waals surface area contributed by atoms with E-state index in [1.165, 1.54) is 24.8 Å². The summed E-state index contributed by atoms with van der Waals surface area (Å²) in [4.78, 5) is 0. The van der Waals surface area contributed by atoms with E-state index >= 15 is 0 Å². The molecular weight excluding hydrogens is 204 g/mol. The van der Waals surface area contributed by atoms with Crippen molar-refractivity contribution in [2.75, 3.05) is 0 Å². The lowest BCUT2D eigenvalue weighted by Gasteiger charge is -2.47. The summed E-state index contributed by atoms with van der Waals surface area (Å²) in [5, 5.41) is 0. The van der Waals surface area contributed by atoms with E-state index in [0.29, 0.717) is 5.92 Å². The lowest BCUT2D eigenvalue weighted by molar-refractivity contribution is 0.0815. The maximum absolute atomic E-state index is 4.17. The zero-order chi connectivity index (χ0) is 13.0. The number of hydrogen-bond donors (Lipinski definition) is 0. The normalized spacial score (nSPS) is 30.6. The highest BCUT2D eigenvalue weighted by atomic mass is 14.5. The van der Waals surface area contributed by atoms with Gasteiger partial charge in [-0.25, -0.2) is 0 Å². The Morgan fingerprint density at radius 2 is 2.12 bits per heavy atom. The van der Waals surface area contributed by atoms with Crippen molar-refractivity contribution in [3.8, 4) is 0 Å². The van der Waals surface area contributed by atoms with Crippen molar-refractivity contribution in [1.29, 1.82) is 0 Å². The molecule has 1 aliphatic rings. The zero-order valence-corrected chi connectivity index (χ0v) is 12.0. The van der Waals surface area contributed by atoms with Gasteiger partial charge in [-0.2, -0.15) is 0 Å². The van der Waals surface area contributed by atoms with Crippen LogP contribution in [-0.4, -0.2) is 0 Å². The van der Waals surface area contributed by atoms with E-state index < -0.39 is 0 Å². The molecule has 0 amide bonds. The highest BCUT2D eigenvalue weighted by molar-refractivity contribution is 5.18. The first-order valence-electron chi connectivity index (χ1n) is 6.99. The molecule has 0 bridgehead atoms. The molecule has 0 radical (unpaired) electrons. The van der Waals surface area contributed by atoms with Gasteiger partial charge >= 0.3 is 0 Å². The molecule has 0 nitrogen and oxygen atoms in total. The Morgan fingerprint density at radius 1 is 1.47 bits per heavy atom. The Labute approximate surface area is 108 Å². The minimum absolute atomic E-state index is 0.686. The highest BCUT2D eigenvalue weighted by Gasteiger charge is 2.41. The first kappa shape index (κ1) is 14.3. The van der Waals surface area contributed by atoms with Crippen LogP contribution in [0.5, 0.6) is 0 Å². The minimum Gasteiger partial charge on any atom is -0.0998 e. The molecule has 4 atom stereocenters. The monoisotopic (exact) mass is 232 g/mol. The van der Waals surface area contributed by atoms with Crippen molar-refractivity contribution in [2.24, 2.45) is 23.7 Å². The van der Waals surface area contributed by atoms with Crippen LogP contribution in [0.4, 0.5) is 0 Å². The molecule has 0 N–H and O–H groups in total. The molecule has 0 aromatic carbocycles. The summed E-state index contributed by atoms with van der Waals surface area (Å²) < 4.78 is 0. The molecule has 1 aliphatic carbocycles. The molecule has 1 rings (SSSR count). The van der Waals surface area contributed by atoms with Crippen LogP contribution in [0.15, 0.2) is 36.5 Å². The molecule has 0 heteroatoms. The summed E-state index contributed by atoms with van der Waals surface area (Å²) in [5.41, 5.74) is 2.95. The quantitative estimate of drug-likeness (QED) is 0.426. The zero-order valence-electron chi connectivity index (χ0n) is 12.0. The summed E-state index contributed by atoms with van der Waals surface area (Å²) in [6, 6.07) is 0. The van der Waals surface area contributed by atoms with E-state index in [-0.39, 0.29) is 0 Å². The van der Waals surface area contributed by atoms with Crippen LogP contribution in [0.2, 0.25) is 0 Å². The fourth-order valence-electron chi connectivity index (χ4n) is 3.49. The van der Waals surface area contributed by atoms with Crippen molar-refractivity contribution < 1.29 is 0 Å². The summed E-state index contributed by atoms with van der Waals surface area (Å²) in [7, 11) is 0. The fourth-order valence-corrected chi connectivity index (χ4v) is 3.49. The van der Waals surface area contributed by atoms with E-state index in [2.05, 4.69) is 46.9 Å². The molecule has 96 valence electrons. The van der Waals surface area contributed by atoms with Gasteiger partial charge in [-0.15, -0.1) is 0 Å². The SMILES string of the molecule is C=CC=C(CCC)C(C)C1CC(C)C1C(=C)C. The van der Waals surface area contributed by atoms with Crippen LogP contribution in [0.1, 0.15) is 47.0 Å². The molecular formula is C17H28. The van der Waals surface area contributed by atoms with Crippen LogP contribution >= 0.6 is 0 Å². The van der Waals surface area contributed by atoms with Crippen LogP contribution in [0.3, 0.4) is 0 Å². The molecule has 4 unspecified atom stereocenters. The van der Waals surface area contributed by atoms with Gasteiger partial charge in [-0.05, 0) is 43.4 Å². The van der Waals surface area contributed by atoms with Crippen molar-refractivity contribution in [2.45, 2.75) is 47.0 Å². The number of hydrogen-bond acceptors (Lipinski definition) is 0. The molecule has 0 heterocycles. The second kappa shape index (κ2) is 6.23. The first-order chi connectivity index (χ1) is 8.02. The van der Waals surface area contributed by atoms with Crippen LogP contribution < -0.4 is 0 Å². The Morgan fingerprint density at radius 3 is 2.53 bits per heavy atom. The lowest BCUT2D eigenvalue weighted by Crippen LogP contribution is -2.40. The standard InChI is InChI=1S/C17H28/c1-7-9-15(10-8-2)14(6)16-11-13(5)17(16)12(3)4/h7,9,13-14,16-17H,1,3,8,10-11H2,2,4-6H3. The molecule has 0 saturated heterocycles.